The van der Waals surface area contributed by atoms with Crippen LogP contribution in [0.15, 0.2) is 23.4 Å². The number of pyridine rings is 1. The summed E-state index contributed by atoms with van der Waals surface area (Å²) in [6.07, 6.45) is 2.46. The van der Waals surface area contributed by atoms with Crippen LogP contribution >= 0.6 is 0 Å². The highest BCUT2D eigenvalue weighted by Crippen LogP contribution is 2.22. The zero-order valence-corrected chi connectivity index (χ0v) is 12.9. The topological polar surface area (TPSA) is 62.3 Å². The van der Waals surface area contributed by atoms with Gasteiger partial charge in [-0.3, -0.25) is 0 Å². The number of anilines is 1. The van der Waals surface area contributed by atoms with Crippen molar-refractivity contribution in [3.8, 4) is 0 Å². The Hall–Kier alpha value is -1.14. The van der Waals surface area contributed by atoms with E-state index in [0.717, 1.165) is 6.42 Å². The summed E-state index contributed by atoms with van der Waals surface area (Å²) in [7, 11) is -1.84. The first-order chi connectivity index (χ1) is 8.97. The third-order valence-corrected chi connectivity index (χ3v) is 5.09. The van der Waals surface area contributed by atoms with Gasteiger partial charge in [0, 0.05) is 26.3 Å². The minimum absolute atomic E-state index is 0.0997. The molecule has 0 aliphatic rings. The summed E-state index contributed by atoms with van der Waals surface area (Å²) in [4.78, 5) is 4.03. The van der Waals surface area contributed by atoms with Gasteiger partial charge in [-0.15, -0.1) is 0 Å². The lowest BCUT2D eigenvalue weighted by Gasteiger charge is -2.23. The predicted molar refractivity (Wildman–Crippen MR) is 77.7 cm³/mol. The van der Waals surface area contributed by atoms with Crippen molar-refractivity contribution < 1.29 is 8.42 Å². The van der Waals surface area contributed by atoms with Crippen molar-refractivity contribution in [2.45, 2.75) is 32.2 Å². The molecular weight excluding hydrogens is 262 g/mol. The predicted octanol–water partition coefficient (Wildman–Crippen LogP) is 2.18. The lowest BCUT2D eigenvalue weighted by molar-refractivity contribution is 0.360. The van der Waals surface area contributed by atoms with Crippen LogP contribution in [0, 0.1) is 5.92 Å². The molecule has 0 aliphatic carbocycles. The molecular formula is C13H23N3O2S. The van der Waals surface area contributed by atoms with Crippen molar-refractivity contribution in [2.24, 2.45) is 5.92 Å². The summed E-state index contributed by atoms with van der Waals surface area (Å²) in [6, 6.07) is 3.44. The summed E-state index contributed by atoms with van der Waals surface area (Å²) in [6.45, 7) is 6.93. The fraction of sp³-hybridized carbons (Fsp3) is 0.615. The number of nitrogens with one attached hydrogen (secondary N) is 1. The van der Waals surface area contributed by atoms with Crippen molar-refractivity contribution in [1.29, 1.82) is 0 Å². The molecule has 0 spiro atoms. The third kappa shape index (κ3) is 3.67. The Morgan fingerprint density at radius 1 is 1.42 bits per heavy atom. The van der Waals surface area contributed by atoms with E-state index in [1.807, 2.05) is 6.92 Å². The van der Waals surface area contributed by atoms with E-state index in [4.69, 9.17) is 0 Å². The van der Waals surface area contributed by atoms with Gasteiger partial charge in [-0.25, -0.2) is 13.4 Å². The number of hydrogen-bond acceptors (Lipinski definition) is 4. The van der Waals surface area contributed by atoms with Gasteiger partial charge in [0.05, 0.1) is 5.69 Å². The second-order valence-corrected chi connectivity index (χ2v) is 6.43. The average Bonchev–Trinajstić information content (AvgIpc) is 2.43. The molecule has 108 valence electrons. The zero-order chi connectivity index (χ0) is 14.5. The highest BCUT2D eigenvalue weighted by Gasteiger charge is 2.27. The van der Waals surface area contributed by atoms with Crippen LogP contribution in [0.3, 0.4) is 0 Å². The van der Waals surface area contributed by atoms with Crippen LogP contribution < -0.4 is 5.32 Å². The van der Waals surface area contributed by atoms with Gasteiger partial charge in [0.2, 0.25) is 0 Å². The molecule has 0 saturated heterocycles. The van der Waals surface area contributed by atoms with Crippen molar-refractivity contribution in [1.82, 2.24) is 9.29 Å². The lowest BCUT2D eigenvalue weighted by atomic mass is 10.1. The molecule has 5 nitrogen and oxygen atoms in total. The van der Waals surface area contributed by atoms with Gasteiger partial charge in [-0.05, 0) is 18.1 Å². The van der Waals surface area contributed by atoms with Crippen LogP contribution in [-0.2, 0) is 10.0 Å². The number of sulfonamides is 1. The summed E-state index contributed by atoms with van der Waals surface area (Å²) in [5.74, 6) is 0.330. The number of hydrogen-bond donors (Lipinski definition) is 1. The van der Waals surface area contributed by atoms with E-state index in [1.54, 1.807) is 19.2 Å². The minimum Gasteiger partial charge on any atom is -0.386 e. The Bertz CT molecular complexity index is 502. The number of aromatic nitrogens is 1. The van der Waals surface area contributed by atoms with E-state index in [2.05, 4.69) is 24.1 Å². The Morgan fingerprint density at radius 3 is 2.63 bits per heavy atom. The summed E-state index contributed by atoms with van der Waals surface area (Å²) < 4.78 is 26.7. The first kappa shape index (κ1) is 15.9. The van der Waals surface area contributed by atoms with Crippen molar-refractivity contribution in [3.63, 3.8) is 0 Å². The summed E-state index contributed by atoms with van der Waals surface area (Å²) in [5, 5.41) is 2.98. The van der Waals surface area contributed by atoms with Crippen molar-refractivity contribution >= 4 is 15.7 Å². The van der Waals surface area contributed by atoms with Crippen LogP contribution in [0.25, 0.3) is 0 Å². The fourth-order valence-corrected chi connectivity index (χ4v) is 3.46. The van der Waals surface area contributed by atoms with E-state index in [0.29, 0.717) is 24.7 Å². The van der Waals surface area contributed by atoms with E-state index >= 15 is 0 Å². The monoisotopic (exact) mass is 285 g/mol. The largest absolute Gasteiger partial charge is 0.386 e. The van der Waals surface area contributed by atoms with Gasteiger partial charge in [0.25, 0.3) is 10.0 Å². The second-order valence-electron chi connectivity index (χ2n) is 4.58. The van der Waals surface area contributed by atoms with Gasteiger partial charge in [0.1, 0.15) is 0 Å². The molecule has 0 bridgehead atoms. The smallest absolute Gasteiger partial charge is 0.262 e. The minimum atomic E-state index is -3.54. The molecule has 19 heavy (non-hydrogen) atoms. The molecule has 0 aromatic carbocycles. The zero-order valence-electron chi connectivity index (χ0n) is 12.0. The molecule has 0 aliphatic heterocycles. The van der Waals surface area contributed by atoms with Crippen LogP contribution in [0.2, 0.25) is 0 Å². The number of nitrogens with zero attached hydrogens (tertiary/aromatic N) is 2. The highest BCUT2D eigenvalue weighted by atomic mass is 32.2. The first-order valence-corrected chi connectivity index (χ1v) is 8.04. The van der Waals surface area contributed by atoms with E-state index in [1.165, 1.54) is 10.5 Å². The molecule has 6 heteroatoms. The Balaban J connectivity index is 3.13. The third-order valence-electron chi connectivity index (χ3n) is 3.19. The highest BCUT2D eigenvalue weighted by molar-refractivity contribution is 7.89. The molecule has 1 unspecified atom stereocenters. The van der Waals surface area contributed by atoms with Crippen molar-refractivity contribution in [2.75, 3.05) is 25.5 Å². The van der Waals surface area contributed by atoms with E-state index in [9.17, 15) is 8.42 Å². The quantitative estimate of drug-likeness (QED) is 0.834. The molecule has 0 fully saturated rings. The molecule has 1 heterocycles. The Kier molecular flexibility index (Phi) is 5.75. The van der Waals surface area contributed by atoms with E-state index < -0.39 is 10.0 Å². The maximum atomic E-state index is 12.6. The average molecular weight is 285 g/mol. The van der Waals surface area contributed by atoms with Gasteiger partial charge < -0.3 is 5.32 Å². The second kappa shape index (κ2) is 6.86. The normalized spacial score (nSPS) is 13.5. The standard InChI is InChI=1S/C13H23N3O2S/c1-5-11(3)10-16(6-2)19(17,18)13-12(14-4)8-7-9-15-13/h7-9,11,14H,5-6,10H2,1-4H3. The molecule has 0 saturated carbocycles. The molecule has 1 rings (SSSR count). The molecule has 0 radical (unpaired) electrons. The molecule has 1 aromatic rings. The van der Waals surface area contributed by atoms with Gasteiger partial charge in [0.15, 0.2) is 5.03 Å². The van der Waals surface area contributed by atoms with Crippen LogP contribution in [-0.4, -0.2) is 37.8 Å². The molecule has 1 atom stereocenters. The van der Waals surface area contributed by atoms with Gasteiger partial charge in [-0.2, -0.15) is 4.31 Å². The van der Waals surface area contributed by atoms with E-state index in [-0.39, 0.29) is 5.03 Å². The summed E-state index contributed by atoms with van der Waals surface area (Å²) >= 11 is 0. The fourth-order valence-electron chi connectivity index (χ4n) is 1.78. The molecule has 1 aromatic heterocycles. The van der Waals surface area contributed by atoms with Crippen LogP contribution in [0.4, 0.5) is 5.69 Å². The van der Waals surface area contributed by atoms with Crippen LogP contribution in [0.5, 0.6) is 0 Å². The molecule has 1 N–H and O–H groups in total. The Labute approximate surface area is 116 Å². The maximum absolute atomic E-state index is 12.6. The maximum Gasteiger partial charge on any atom is 0.262 e. The van der Waals surface area contributed by atoms with Gasteiger partial charge in [-0.1, -0.05) is 27.2 Å². The molecule has 0 amide bonds. The SMILES string of the molecule is CCC(C)CN(CC)S(=O)(=O)c1ncccc1NC. The number of rotatable bonds is 7. The van der Waals surface area contributed by atoms with Gasteiger partial charge >= 0.3 is 0 Å². The van der Waals surface area contributed by atoms with Crippen LogP contribution in [0.1, 0.15) is 27.2 Å². The Morgan fingerprint density at radius 2 is 2.11 bits per heavy atom. The van der Waals surface area contributed by atoms with Crippen molar-refractivity contribution in [3.05, 3.63) is 18.3 Å². The lowest BCUT2D eigenvalue weighted by Crippen LogP contribution is -2.35. The summed E-state index contributed by atoms with van der Waals surface area (Å²) in [5.41, 5.74) is 0.533. The first-order valence-electron chi connectivity index (χ1n) is 6.60.